The van der Waals surface area contributed by atoms with Crippen molar-refractivity contribution in [1.82, 2.24) is 4.98 Å². The Labute approximate surface area is 104 Å². The molecule has 1 aromatic carbocycles. The number of rotatable bonds is 4. The van der Waals surface area contributed by atoms with Crippen LogP contribution in [-0.4, -0.2) is 34.5 Å². The maximum atomic E-state index is 9.22. The van der Waals surface area contributed by atoms with Gasteiger partial charge < -0.3 is 15.5 Å². The topological polar surface area (TPSA) is 89.2 Å². The van der Waals surface area contributed by atoms with E-state index in [-0.39, 0.29) is 13.2 Å². The number of nitrogens with one attached hydrogen (secondary N) is 1. The zero-order valence-electron chi connectivity index (χ0n) is 9.67. The minimum Gasteiger partial charge on any atom is -0.394 e. The van der Waals surface area contributed by atoms with Gasteiger partial charge in [0.1, 0.15) is 5.82 Å². The summed E-state index contributed by atoms with van der Waals surface area (Å²) in [5.74, 6) is 0.625. The van der Waals surface area contributed by atoms with E-state index in [1.165, 1.54) is 0 Å². The van der Waals surface area contributed by atoms with E-state index in [4.69, 9.17) is 10.4 Å². The fourth-order valence-electron chi connectivity index (χ4n) is 1.58. The molecule has 0 radical (unpaired) electrons. The van der Waals surface area contributed by atoms with E-state index in [2.05, 4.69) is 16.4 Å². The molecule has 0 fully saturated rings. The van der Waals surface area contributed by atoms with Crippen molar-refractivity contribution in [3.63, 3.8) is 0 Å². The Balaban J connectivity index is 2.20. The van der Waals surface area contributed by atoms with Crippen LogP contribution in [0.5, 0.6) is 0 Å². The number of fused-ring (bicyclic) bond motifs is 1. The van der Waals surface area contributed by atoms with Gasteiger partial charge in [0.25, 0.3) is 0 Å². The molecular weight excluding hydrogens is 230 g/mol. The van der Waals surface area contributed by atoms with Gasteiger partial charge in [-0.05, 0) is 30.3 Å². The van der Waals surface area contributed by atoms with Crippen LogP contribution in [0, 0.1) is 11.3 Å². The summed E-state index contributed by atoms with van der Waals surface area (Å²) < 4.78 is 0. The summed E-state index contributed by atoms with van der Waals surface area (Å²) in [6, 6.07) is 11.0. The fourth-order valence-corrected chi connectivity index (χ4v) is 1.58. The highest BCUT2D eigenvalue weighted by Gasteiger charge is 2.03. The molecule has 5 nitrogen and oxygen atoms in total. The molecule has 0 saturated carbocycles. The molecule has 1 atom stereocenters. The molecule has 0 amide bonds. The first-order chi connectivity index (χ1) is 8.72. The van der Waals surface area contributed by atoms with Crippen molar-refractivity contribution in [2.75, 3.05) is 18.5 Å². The second kappa shape index (κ2) is 5.45. The monoisotopic (exact) mass is 243 g/mol. The average Bonchev–Trinajstić information content (AvgIpc) is 2.43. The number of nitrogens with zero attached hydrogens (tertiary/aromatic N) is 2. The van der Waals surface area contributed by atoms with Crippen molar-refractivity contribution in [3.05, 3.63) is 35.9 Å². The van der Waals surface area contributed by atoms with E-state index in [1.807, 2.05) is 6.07 Å². The molecule has 18 heavy (non-hydrogen) atoms. The number of hydrogen-bond donors (Lipinski definition) is 3. The molecule has 2 rings (SSSR count). The molecular formula is C13H13N3O2. The smallest absolute Gasteiger partial charge is 0.126 e. The molecule has 92 valence electrons. The first-order valence-corrected chi connectivity index (χ1v) is 5.56. The predicted octanol–water partition coefficient (Wildman–Crippen LogP) is 0.872. The van der Waals surface area contributed by atoms with Gasteiger partial charge in [-0.25, -0.2) is 4.98 Å². The van der Waals surface area contributed by atoms with Crippen LogP contribution >= 0.6 is 0 Å². The van der Waals surface area contributed by atoms with Gasteiger partial charge in [0.2, 0.25) is 0 Å². The summed E-state index contributed by atoms with van der Waals surface area (Å²) in [4.78, 5) is 4.34. The molecule has 2 aromatic rings. The van der Waals surface area contributed by atoms with Gasteiger partial charge in [-0.3, -0.25) is 0 Å². The maximum absolute atomic E-state index is 9.22. The van der Waals surface area contributed by atoms with Crippen molar-refractivity contribution >= 4 is 16.7 Å². The van der Waals surface area contributed by atoms with Gasteiger partial charge in [0, 0.05) is 11.9 Å². The minimum absolute atomic E-state index is 0.241. The third-order valence-electron chi connectivity index (χ3n) is 2.55. The highest BCUT2D eigenvalue weighted by molar-refractivity contribution is 5.81. The summed E-state index contributed by atoms with van der Waals surface area (Å²) in [6.07, 6.45) is -0.802. The van der Waals surface area contributed by atoms with Crippen molar-refractivity contribution in [2.24, 2.45) is 0 Å². The Morgan fingerprint density at radius 1 is 1.33 bits per heavy atom. The zero-order valence-corrected chi connectivity index (χ0v) is 9.67. The zero-order chi connectivity index (χ0) is 13.0. The Morgan fingerprint density at radius 3 is 2.89 bits per heavy atom. The Hall–Kier alpha value is -2.16. The lowest BCUT2D eigenvalue weighted by molar-refractivity contribution is 0.105. The second-order valence-electron chi connectivity index (χ2n) is 3.93. The van der Waals surface area contributed by atoms with Crippen LogP contribution in [-0.2, 0) is 0 Å². The number of pyridine rings is 1. The van der Waals surface area contributed by atoms with Gasteiger partial charge in [-0.1, -0.05) is 0 Å². The largest absolute Gasteiger partial charge is 0.394 e. The van der Waals surface area contributed by atoms with Crippen LogP contribution in [0.4, 0.5) is 5.82 Å². The number of benzene rings is 1. The van der Waals surface area contributed by atoms with Crippen LogP contribution in [0.2, 0.25) is 0 Å². The first kappa shape index (κ1) is 12.3. The molecule has 0 aliphatic carbocycles. The number of aromatic nitrogens is 1. The molecule has 0 saturated heterocycles. The average molecular weight is 243 g/mol. The number of anilines is 1. The number of hydrogen-bond acceptors (Lipinski definition) is 5. The summed E-state index contributed by atoms with van der Waals surface area (Å²) in [5.41, 5.74) is 1.37. The van der Waals surface area contributed by atoms with E-state index in [0.717, 1.165) is 10.9 Å². The van der Waals surface area contributed by atoms with Crippen LogP contribution < -0.4 is 5.32 Å². The second-order valence-corrected chi connectivity index (χ2v) is 3.93. The summed E-state index contributed by atoms with van der Waals surface area (Å²) >= 11 is 0. The van der Waals surface area contributed by atoms with Gasteiger partial charge in [0.15, 0.2) is 0 Å². The number of nitriles is 1. The predicted molar refractivity (Wildman–Crippen MR) is 68.0 cm³/mol. The molecule has 0 unspecified atom stereocenters. The fraction of sp³-hybridized carbons (Fsp3) is 0.231. The SMILES string of the molecule is N#Cc1ccc2nc(NC[C@H](O)CO)ccc2c1. The number of aliphatic hydroxyl groups excluding tert-OH is 2. The molecule has 0 bridgehead atoms. The van der Waals surface area contributed by atoms with Gasteiger partial charge in [0.05, 0.1) is 29.9 Å². The third-order valence-corrected chi connectivity index (χ3v) is 2.55. The van der Waals surface area contributed by atoms with E-state index in [0.29, 0.717) is 11.4 Å². The summed E-state index contributed by atoms with van der Waals surface area (Å²) in [6.45, 7) is -0.0442. The van der Waals surface area contributed by atoms with E-state index < -0.39 is 6.10 Å². The lowest BCUT2D eigenvalue weighted by Crippen LogP contribution is -2.23. The van der Waals surface area contributed by atoms with Crippen LogP contribution in [0.3, 0.4) is 0 Å². The quantitative estimate of drug-likeness (QED) is 0.741. The van der Waals surface area contributed by atoms with Crippen molar-refractivity contribution in [2.45, 2.75) is 6.10 Å². The Kier molecular flexibility index (Phi) is 3.72. The van der Waals surface area contributed by atoms with E-state index in [9.17, 15) is 5.11 Å². The molecule has 1 aromatic heterocycles. The van der Waals surface area contributed by atoms with Crippen molar-refractivity contribution < 1.29 is 10.2 Å². The highest BCUT2D eigenvalue weighted by Crippen LogP contribution is 2.16. The maximum Gasteiger partial charge on any atom is 0.126 e. The van der Waals surface area contributed by atoms with Crippen LogP contribution in [0.15, 0.2) is 30.3 Å². The Bertz CT molecular complexity index is 592. The van der Waals surface area contributed by atoms with Gasteiger partial charge in [-0.15, -0.1) is 0 Å². The highest BCUT2D eigenvalue weighted by atomic mass is 16.3. The van der Waals surface area contributed by atoms with Crippen molar-refractivity contribution in [1.29, 1.82) is 5.26 Å². The van der Waals surface area contributed by atoms with E-state index >= 15 is 0 Å². The van der Waals surface area contributed by atoms with Crippen molar-refractivity contribution in [3.8, 4) is 6.07 Å². The molecule has 0 aliphatic heterocycles. The van der Waals surface area contributed by atoms with Gasteiger partial charge in [-0.2, -0.15) is 5.26 Å². The Morgan fingerprint density at radius 2 is 2.17 bits per heavy atom. The van der Waals surface area contributed by atoms with E-state index in [1.54, 1.807) is 24.3 Å². The third kappa shape index (κ3) is 2.74. The van der Waals surface area contributed by atoms with Crippen LogP contribution in [0.1, 0.15) is 5.56 Å². The number of aliphatic hydroxyl groups is 2. The minimum atomic E-state index is -0.802. The lowest BCUT2D eigenvalue weighted by atomic mass is 10.1. The lowest BCUT2D eigenvalue weighted by Gasteiger charge is -2.10. The van der Waals surface area contributed by atoms with Crippen LogP contribution in [0.25, 0.3) is 10.9 Å². The summed E-state index contributed by atoms with van der Waals surface area (Å²) in [7, 11) is 0. The molecule has 5 heteroatoms. The molecule has 0 aliphatic rings. The summed E-state index contributed by atoms with van der Waals surface area (Å²) in [5, 5.41) is 30.5. The first-order valence-electron chi connectivity index (χ1n) is 5.56. The molecule has 3 N–H and O–H groups in total. The normalized spacial score (nSPS) is 12.1. The molecule has 0 spiro atoms. The van der Waals surface area contributed by atoms with Gasteiger partial charge >= 0.3 is 0 Å². The molecule has 1 heterocycles. The standard InChI is InChI=1S/C13H13N3O2/c14-6-9-1-3-12-10(5-9)2-4-13(16-12)15-7-11(18)8-17/h1-5,11,17-18H,7-8H2,(H,15,16)/t11-/m0/s1.